The van der Waals surface area contributed by atoms with Crippen molar-refractivity contribution in [3.05, 3.63) is 101 Å². The van der Waals surface area contributed by atoms with E-state index in [-0.39, 0.29) is 6.04 Å². The molecule has 3 aromatic carbocycles. The van der Waals surface area contributed by atoms with Gasteiger partial charge in [-0.05, 0) is 47.7 Å². The van der Waals surface area contributed by atoms with Gasteiger partial charge in [0.05, 0.1) is 17.7 Å². The molecule has 0 saturated carbocycles. The van der Waals surface area contributed by atoms with Crippen LogP contribution in [0.5, 0.6) is 0 Å². The number of nitriles is 1. The van der Waals surface area contributed by atoms with Crippen LogP contribution < -0.4 is 4.90 Å². The third kappa shape index (κ3) is 3.02. The maximum absolute atomic E-state index is 9.46. The number of rotatable bonds is 3. The van der Waals surface area contributed by atoms with Crippen molar-refractivity contribution in [2.45, 2.75) is 18.9 Å². The second kappa shape index (κ2) is 6.83. The fraction of sp³-hybridized carbons (Fsp3) is 0.174. The van der Waals surface area contributed by atoms with Crippen molar-refractivity contribution < 1.29 is 0 Å². The van der Waals surface area contributed by atoms with E-state index in [9.17, 15) is 5.26 Å². The maximum atomic E-state index is 9.46. The quantitative estimate of drug-likeness (QED) is 0.685. The van der Waals surface area contributed by atoms with E-state index in [4.69, 9.17) is 0 Å². The Kier molecular flexibility index (Phi) is 4.23. The highest BCUT2D eigenvalue weighted by atomic mass is 15.2. The summed E-state index contributed by atoms with van der Waals surface area (Å²) < 4.78 is 0. The van der Waals surface area contributed by atoms with Crippen molar-refractivity contribution in [3.8, 4) is 6.07 Å². The summed E-state index contributed by atoms with van der Waals surface area (Å²) in [7, 11) is 0. The van der Waals surface area contributed by atoms with Gasteiger partial charge in [0.25, 0.3) is 0 Å². The molecule has 0 saturated heterocycles. The molecule has 122 valence electrons. The molecule has 0 aliphatic carbocycles. The number of nitrogens with zero attached hydrogens (tertiary/aromatic N) is 2. The first kappa shape index (κ1) is 15.5. The van der Waals surface area contributed by atoms with Gasteiger partial charge in [-0.15, -0.1) is 0 Å². The van der Waals surface area contributed by atoms with Gasteiger partial charge in [-0.1, -0.05) is 60.7 Å². The maximum Gasteiger partial charge on any atom is 0.0994 e. The Hall–Kier alpha value is -3.05. The minimum atomic E-state index is 0.252. The minimum absolute atomic E-state index is 0.252. The highest BCUT2D eigenvalue weighted by Gasteiger charge is 2.28. The van der Waals surface area contributed by atoms with Crippen LogP contribution in [0.3, 0.4) is 0 Å². The molecule has 0 bridgehead atoms. The summed E-state index contributed by atoms with van der Waals surface area (Å²) in [6.07, 6.45) is 1.90. The first-order valence-electron chi connectivity index (χ1n) is 8.74. The number of benzene rings is 3. The lowest BCUT2D eigenvalue weighted by Gasteiger charge is -2.39. The van der Waals surface area contributed by atoms with E-state index in [1.54, 1.807) is 0 Å². The smallest absolute Gasteiger partial charge is 0.0994 e. The van der Waals surface area contributed by atoms with Gasteiger partial charge in [0.2, 0.25) is 0 Å². The van der Waals surface area contributed by atoms with Gasteiger partial charge in [0.1, 0.15) is 0 Å². The van der Waals surface area contributed by atoms with Crippen LogP contribution in [0.25, 0.3) is 0 Å². The van der Waals surface area contributed by atoms with Crippen molar-refractivity contribution >= 4 is 5.69 Å². The van der Waals surface area contributed by atoms with Crippen LogP contribution in [0.1, 0.15) is 28.3 Å². The van der Waals surface area contributed by atoms with E-state index in [1.165, 1.54) is 16.8 Å². The standard InChI is InChI=1S/C23H20N2/c24-17-20-10-5-4-9-19(20)16-23-22-13-7-6-8-18(22)14-15-25(23)21-11-2-1-3-12-21/h1-13,23H,14-16H2. The van der Waals surface area contributed by atoms with Crippen molar-refractivity contribution in [2.75, 3.05) is 11.4 Å². The molecule has 0 N–H and O–H groups in total. The number of anilines is 1. The normalized spacial score (nSPS) is 16.1. The molecule has 0 spiro atoms. The Labute approximate surface area is 149 Å². The van der Waals surface area contributed by atoms with Crippen LogP contribution in [0.2, 0.25) is 0 Å². The number of hydrogen-bond acceptors (Lipinski definition) is 2. The Morgan fingerprint density at radius 3 is 2.44 bits per heavy atom. The molecule has 1 aliphatic heterocycles. The van der Waals surface area contributed by atoms with Gasteiger partial charge in [0, 0.05) is 12.2 Å². The number of para-hydroxylation sites is 1. The molecule has 0 aromatic heterocycles. The van der Waals surface area contributed by atoms with Gasteiger partial charge in [-0.3, -0.25) is 0 Å². The first-order chi connectivity index (χ1) is 12.4. The van der Waals surface area contributed by atoms with Gasteiger partial charge in [-0.25, -0.2) is 0 Å². The lowest BCUT2D eigenvalue weighted by molar-refractivity contribution is 0.579. The van der Waals surface area contributed by atoms with E-state index >= 15 is 0 Å². The zero-order valence-electron chi connectivity index (χ0n) is 14.1. The topological polar surface area (TPSA) is 27.0 Å². The van der Waals surface area contributed by atoms with Gasteiger partial charge in [0.15, 0.2) is 0 Å². The molecule has 25 heavy (non-hydrogen) atoms. The Morgan fingerprint density at radius 1 is 0.880 bits per heavy atom. The van der Waals surface area contributed by atoms with Gasteiger partial charge >= 0.3 is 0 Å². The molecule has 1 unspecified atom stereocenters. The van der Waals surface area contributed by atoms with Crippen molar-refractivity contribution in [2.24, 2.45) is 0 Å². The number of hydrogen-bond donors (Lipinski definition) is 0. The monoisotopic (exact) mass is 324 g/mol. The van der Waals surface area contributed by atoms with Crippen LogP contribution in [0, 0.1) is 11.3 Å². The summed E-state index contributed by atoms with van der Waals surface area (Å²) >= 11 is 0. The molecule has 1 aliphatic rings. The van der Waals surface area contributed by atoms with Crippen molar-refractivity contribution in [3.63, 3.8) is 0 Å². The molecule has 1 atom stereocenters. The summed E-state index contributed by atoms with van der Waals surface area (Å²) in [5, 5.41) is 9.46. The van der Waals surface area contributed by atoms with Crippen LogP contribution in [0.4, 0.5) is 5.69 Å². The van der Waals surface area contributed by atoms with E-state index in [2.05, 4.69) is 71.6 Å². The molecular weight excluding hydrogens is 304 g/mol. The SMILES string of the molecule is N#Cc1ccccc1CC1c2ccccc2CCN1c1ccccc1. The lowest BCUT2D eigenvalue weighted by atomic mass is 9.87. The fourth-order valence-corrected chi connectivity index (χ4v) is 3.82. The average Bonchev–Trinajstić information content (AvgIpc) is 2.69. The summed E-state index contributed by atoms with van der Waals surface area (Å²) in [4.78, 5) is 2.48. The van der Waals surface area contributed by atoms with Crippen LogP contribution >= 0.6 is 0 Å². The summed E-state index contributed by atoms with van der Waals surface area (Å²) in [5.74, 6) is 0. The first-order valence-corrected chi connectivity index (χ1v) is 8.74. The zero-order valence-corrected chi connectivity index (χ0v) is 14.1. The second-order valence-electron chi connectivity index (χ2n) is 6.47. The predicted octanol–water partition coefficient (Wildman–Crippen LogP) is 4.90. The minimum Gasteiger partial charge on any atom is -0.364 e. The molecule has 1 heterocycles. The Morgan fingerprint density at radius 2 is 1.60 bits per heavy atom. The van der Waals surface area contributed by atoms with Gasteiger partial charge < -0.3 is 4.90 Å². The molecule has 3 aromatic rings. The third-order valence-corrected chi connectivity index (χ3v) is 5.05. The zero-order chi connectivity index (χ0) is 17.1. The molecule has 0 amide bonds. The van der Waals surface area contributed by atoms with Crippen molar-refractivity contribution in [1.29, 1.82) is 5.26 Å². The highest BCUT2D eigenvalue weighted by Crippen LogP contribution is 2.36. The molecule has 0 fully saturated rings. The molecule has 0 radical (unpaired) electrons. The Bertz CT molecular complexity index is 909. The Balaban J connectivity index is 1.77. The van der Waals surface area contributed by atoms with Crippen LogP contribution in [-0.2, 0) is 12.8 Å². The second-order valence-corrected chi connectivity index (χ2v) is 6.47. The van der Waals surface area contributed by atoms with Crippen LogP contribution in [-0.4, -0.2) is 6.54 Å². The van der Waals surface area contributed by atoms with Crippen molar-refractivity contribution in [1.82, 2.24) is 0 Å². The summed E-state index contributed by atoms with van der Waals surface area (Å²) in [5.41, 5.74) is 5.95. The predicted molar refractivity (Wildman–Crippen MR) is 102 cm³/mol. The van der Waals surface area contributed by atoms with E-state index in [0.717, 1.165) is 30.5 Å². The average molecular weight is 324 g/mol. The lowest BCUT2D eigenvalue weighted by Crippen LogP contribution is -2.36. The highest BCUT2D eigenvalue weighted by molar-refractivity contribution is 5.53. The largest absolute Gasteiger partial charge is 0.364 e. The summed E-state index contributed by atoms with van der Waals surface area (Å²) in [6.45, 7) is 1.00. The van der Waals surface area contributed by atoms with Gasteiger partial charge in [-0.2, -0.15) is 5.26 Å². The van der Waals surface area contributed by atoms with E-state index in [0.29, 0.717) is 0 Å². The number of fused-ring (bicyclic) bond motifs is 1. The fourth-order valence-electron chi connectivity index (χ4n) is 3.82. The molecular formula is C23H20N2. The summed E-state index contributed by atoms with van der Waals surface area (Å²) in [6, 6.07) is 29.9. The van der Waals surface area contributed by atoms with E-state index in [1.807, 2.05) is 18.2 Å². The molecule has 4 rings (SSSR count). The van der Waals surface area contributed by atoms with Crippen LogP contribution in [0.15, 0.2) is 78.9 Å². The van der Waals surface area contributed by atoms with E-state index < -0.39 is 0 Å². The third-order valence-electron chi connectivity index (χ3n) is 5.05. The molecule has 2 nitrogen and oxygen atoms in total. The molecule has 2 heteroatoms.